The molecule has 1 aromatic rings. The molecule has 2 aliphatic carbocycles. The minimum absolute atomic E-state index is 0.641. The average molecular weight is 291 g/mol. The lowest BCUT2D eigenvalue weighted by atomic mass is 9.81. The molecule has 19 heavy (non-hydrogen) atoms. The van der Waals surface area contributed by atoms with Gasteiger partial charge in [0.2, 0.25) is 0 Å². The lowest BCUT2D eigenvalue weighted by Crippen LogP contribution is -2.32. The molecule has 3 unspecified atom stereocenters. The monoisotopic (exact) mass is 290 g/mol. The molecular formula is C17H23ClSi. The summed E-state index contributed by atoms with van der Waals surface area (Å²) in [6, 6.07) is 10.9. The number of allylic oxidation sites excluding steroid dienone is 2. The second-order valence-corrected chi connectivity index (χ2v) is 13.3. The molecule has 0 aliphatic heterocycles. The number of hydrogen-bond acceptors (Lipinski definition) is 0. The Kier molecular flexibility index (Phi) is 3.61. The highest BCUT2D eigenvalue weighted by Crippen LogP contribution is 2.56. The average Bonchev–Trinajstić information content (AvgIpc) is 2.79. The first-order chi connectivity index (χ1) is 9.07. The van der Waals surface area contributed by atoms with Crippen molar-refractivity contribution in [2.75, 3.05) is 0 Å². The lowest BCUT2D eigenvalue weighted by molar-refractivity contribution is 0.303. The molecule has 0 radical (unpaired) electrons. The van der Waals surface area contributed by atoms with Gasteiger partial charge < -0.3 is 0 Å². The van der Waals surface area contributed by atoms with Crippen molar-refractivity contribution < 1.29 is 0 Å². The zero-order chi connectivity index (χ0) is 13.5. The maximum Gasteiger partial charge on any atom is 0.158 e. The molecule has 2 aliphatic rings. The van der Waals surface area contributed by atoms with Gasteiger partial charge in [0.1, 0.15) is 0 Å². The predicted molar refractivity (Wildman–Crippen MR) is 87.0 cm³/mol. The minimum atomic E-state index is -1.67. The molecule has 0 heterocycles. The lowest BCUT2D eigenvalue weighted by Gasteiger charge is -2.36. The number of hydrogen-bond donors (Lipinski definition) is 0. The Bertz CT molecular complexity index is 472. The van der Waals surface area contributed by atoms with E-state index in [1.807, 2.05) is 0 Å². The van der Waals surface area contributed by atoms with E-state index < -0.39 is 7.38 Å². The first-order valence-corrected chi connectivity index (χ1v) is 11.6. The number of benzene rings is 1. The molecule has 1 saturated carbocycles. The summed E-state index contributed by atoms with van der Waals surface area (Å²) in [7, 11) is -1.67. The van der Waals surface area contributed by atoms with Crippen molar-refractivity contribution in [1.29, 1.82) is 0 Å². The quantitative estimate of drug-likeness (QED) is 0.484. The van der Waals surface area contributed by atoms with Crippen LogP contribution < -0.4 is 0 Å². The molecule has 0 spiro atoms. The molecule has 1 aromatic carbocycles. The van der Waals surface area contributed by atoms with Crippen molar-refractivity contribution in [3.05, 3.63) is 42.0 Å². The van der Waals surface area contributed by atoms with Gasteiger partial charge in [0, 0.05) is 0 Å². The third-order valence-corrected chi connectivity index (χ3v) is 7.80. The Morgan fingerprint density at radius 3 is 2.42 bits per heavy atom. The number of rotatable bonds is 2. The maximum atomic E-state index is 6.90. The number of halogens is 1. The zero-order valence-corrected chi connectivity index (χ0v) is 13.7. The normalized spacial score (nSPS) is 30.9. The van der Waals surface area contributed by atoms with Crippen molar-refractivity contribution in [3.63, 3.8) is 0 Å². The maximum absolute atomic E-state index is 6.90. The van der Waals surface area contributed by atoms with Gasteiger partial charge in [-0.15, -0.1) is 0 Å². The largest absolute Gasteiger partial charge is 0.167 e. The Morgan fingerprint density at radius 2 is 1.74 bits per heavy atom. The van der Waals surface area contributed by atoms with Gasteiger partial charge in [-0.05, 0) is 41.4 Å². The van der Waals surface area contributed by atoms with Crippen LogP contribution in [0.3, 0.4) is 0 Å². The van der Waals surface area contributed by atoms with Crippen LogP contribution in [0.5, 0.6) is 0 Å². The number of fused-ring (bicyclic) bond motifs is 1. The molecule has 0 saturated heterocycles. The second-order valence-electron chi connectivity index (χ2n) is 6.64. The molecule has 1 fully saturated rings. The topological polar surface area (TPSA) is 0 Å². The predicted octanol–water partition coefficient (Wildman–Crippen LogP) is 5.70. The molecule has 2 heteroatoms. The van der Waals surface area contributed by atoms with E-state index in [4.69, 9.17) is 11.1 Å². The Labute approximate surface area is 122 Å². The van der Waals surface area contributed by atoms with Crippen LogP contribution in [0.1, 0.15) is 31.2 Å². The minimum Gasteiger partial charge on any atom is -0.167 e. The van der Waals surface area contributed by atoms with Crippen LogP contribution in [-0.4, -0.2) is 7.38 Å². The van der Waals surface area contributed by atoms with Gasteiger partial charge in [0.05, 0.1) is 0 Å². The van der Waals surface area contributed by atoms with Crippen LogP contribution in [0.4, 0.5) is 0 Å². The van der Waals surface area contributed by atoms with Crippen LogP contribution in [0.25, 0.3) is 5.57 Å². The Balaban J connectivity index is 2.00. The summed E-state index contributed by atoms with van der Waals surface area (Å²) in [5.41, 5.74) is 3.61. The molecule has 0 nitrogen and oxygen atoms in total. The Hall–Kier alpha value is -0.533. The molecular weight excluding hydrogens is 268 g/mol. The van der Waals surface area contributed by atoms with E-state index in [1.54, 1.807) is 5.57 Å². The van der Waals surface area contributed by atoms with Gasteiger partial charge in [0.15, 0.2) is 7.38 Å². The highest BCUT2D eigenvalue weighted by Gasteiger charge is 2.46. The fourth-order valence-corrected chi connectivity index (χ4v) is 7.43. The van der Waals surface area contributed by atoms with Crippen molar-refractivity contribution in [2.24, 2.45) is 11.8 Å². The van der Waals surface area contributed by atoms with E-state index in [-0.39, 0.29) is 0 Å². The van der Waals surface area contributed by atoms with Crippen LogP contribution in [0.15, 0.2) is 36.4 Å². The van der Waals surface area contributed by atoms with Crippen molar-refractivity contribution >= 4 is 24.0 Å². The zero-order valence-electron chi connectivity index (χ0n) is 11.9. The van der Waals surface area contributed by atoms with E-state index in [0.29, 0.717) is 5.54 Å². The summed E-state index contributed by atoms with van der Waals surface area (Å²) in [6.07, 6.45) is 8.12. The van der Waals surface area contributed by atoms with Crippen LogP contribution in [0, 0.1) is 11.8 Å². The van der Waals surface area contributed by atoms with Gasteiger partial charge >= 0.3 is 0 Å². The van der Waals surface area contributed by atoms with Crippen LogP contribution in [-0.2, 0) is 0 Å². The summed E-state index contributed by atoms with van der Waals surface area (Å²) >= 11 is 6.90. The summed E-state index contributed by atoms with van der Waals surface area (Å²) in [6.45, 7) is 4.65. The van der Waals surface area contributed by atoms with Gasteiger partial charge in [-0.1, -0.05) is 62.3 Å². The van der Waals surface area contributed by atoms with E-state index >= 15 is 0 Å². The van der Waals surface area contributed by atoms with E-state index in [0.717, 1.165) is 11.8 Å². The molecule has 102 valence electrons. The highest BCUT2D eigenvalue weighted by molar-refractivity contribution is 7.20. The third kappa shape index (κ3) is 2.55. The molecule has 0 N–H and O–H groups in total. The first kappa shape index (κ1) is 13.4. The van der Waals surface area contributed by atoms with E-state index in [9.17, 15) is 0 Å². The summed E-state index contributed by atoms with van der Waals surface area (Å²) in [5.74, 6) is 1.61. The Morgan fingerprint density at radius 1 is 1.05 bits per heavy atom. The van der Waals surface area contributed by atoms with E-state index in [2.05, 4.69) is 49.5 Å². The standard InChI is InChI=1S/C17H23ClSi/c1-19(2,18)17-15-11-7-6-10-14(15)12-16(17)13-8-4-3-5-9-13/h3-5,8-9,12,14-15,17H,6-7,10-11H2,1-2H3. The van der Waals surface area contributed by atoms with Crippen molar-refractivity contribution in [3.8, 4) is 0 Å². The summed E-state index contributed by atoms with van der Waals surface area (Å²) in [5, 5.41) is 0. The van der Waals surface area contributed by atoms with Gasteiger partial charge in [-0.3, -0.25) is 0 Å². The smallest absolute Gasteiger partial charge is 0.158 e. The summed E-state index contributed by atoms with van der Waals surface area (Å²) in [4.78, 5) is 0. The fourth-order valence-electron chi connectivity index (χ4n) is 4.16. The molecule has 0 aromatic heterocycles. The fraction of sp³-hybridized carbons (Fsp3) is 0.529. The summed E-state index contributed by atoms with van der Waals surface area (Å²) < 4.78 is 0. The second kappa shape index (κ2) is 5.10. The SMILES string of the molecule is C[Si](C)(Cl)C1C(c2ccccc2)=CC2CCCCC21. The first-order valence-electron chi connectivity index (χ1n) is 7.53. The van der Waals surface area contributed by atoms with Crippen molar-refractivity contribution in [1.82, 2.24) is 0 Å². The van der Waals surface area contributed by atoms with Crippen molar-refractivity contribution in [2.45, 2.75) is 44.3 Å². The van der Waals surface area contributed by atoms with Crippen LogP contribution in [0.2, 0.25) is 18.6 Å². The molecule has 0 bridgehead atoms. The van der Waals surface area contributed by atoms with Gasteiger partial charge in [-0.25, -0.2) is 0 Å². The van der Waals surface area contributed by atoms with Gasteiger partial charge in [-0.2, -0.15) is 11.1 Å². The molecule has 3 rings (SSSR count). The molecule has 3 atom stereocenters. The molecule has 0 amide bonds. The third-order valence-electron chi connectivity index (χ3n) is 4.88. The van der Waals surface area contributed by atoms with Crippen LogP contribution >= 0.6 is 11.1 Å². The van der Waals surface area contributed by atoms with Gasteiger partial charge in [0.25, 0.3) is 0 Å². The highest BCUT2D eigenvalue weighted by atomic mass is 35.6. The van der Waals surface area contributed by atoms with E-state index in [1.165, 1.54) is 31.2 Å².